The average Bonchev–Trinajstić information content (AvgIpc) is 2.12. The smallest absolute Gasteiger partial charge is 0.387 e. The van der Waals surface area contributed by atoms with Crippen LogP contribution < -0.4 is 4.90 Å². The van der Waals surface area contributed by atoms with Crippen LogP contribution in [0, 0.1) is 16.0 Å². The zero-order chi connectivity index (χ0) is 13.5. The lowest BCUT2D eigenvalue weighted by Crippen LogP contribution is -2.56. The largest absolute Gasteiger partial charge is 0.390 e. The van der Waals surface area contributed by atoms with E-state index in [0.29, 0.717) is 23.2 Å². The second-order valence-corrected chi connectivity index (χ2v) is 5.92. The number of nitrogens with zero attached hydrogens (tertiary/aromatic N) is 3. The quantitative estimate of drug-likeness (QED) is 0.681. The highest BCUT2D eigenvalue weighted by atomic mass is 79.9. The Balaban J connectivity index is 2.21. The number of halogens is 1. The lowest BCUT2D eigenvalue weighted by Gasteiger charge is -2.46. The predicted molar refractivity (Wildman–Crippen MR) is 70.6 cm³/mol. The molecule has 1 saturated heterocycles. The van der Waals surface area contributed by atoms with Crippen molar-refractivity contribution < 1.29 is 10.0 Å². The Hall–Kier alpha value is -1.21. The summed E-state index contributed by atoms with van der Waals surface area (Å²) in [4.78, 5) is 16.1. The summed E-state index contributed by atoms with van der Waals surface area (Å²) in [6.45, 7) is 4.70. The molecule has 0 bridgehead atoms. The Bertz CT molecular complexity index is 481. The first-order valence-corrected chi connectivity index (χ1v) is 6.35. The molecule has 0 aromatic carbocycles. The fourth-order valence-corrected chi connectivity index (χ4v) is 2.24. The summed E-state index contributed by atoms with van der Waals surface area (Å²) in [6, 6.07) is 1.69. The minimum Gasteiger partial charge on any atom is -0.390 e. The van der Waals surface area contributed by atoms with Crippen molar-refractivity contribution in [2.24, 2.45) is 5.92 Å². The van der Waals surface area contributed by atoms with E-state index >= 15 is 0 Å². The summed E-state index contributed by atoms with van der Waals surface area (Å²) < 4.78 is 0.704. The molecule has 7 heteroatoms. The van der Waals surface area contributed by atoms with E-state index in [9.17, 15) is 15.2 Å². The van der Waals surface area contributed by atoms with Crippen molar-refractivity contribution in [2.45, 2.75) is 19.4 Å². The van der Waals surface area contributed by atoms with Crippen molar-refractivity contribution >= 4 is 27.4 Å². The molecule has 1 aliphatic heterocycles. The summed E-state index contributed by atoms with van der Waals surface area (Å²) in [5.41, 5.74) is -0.264. The summed E-state index contributed by atoms with van der Waals surface area (Å²) >= 11 is 3.26. The minimum absolute atomic E-state index is 0.121. The molecular weight excluding hydrogens is 302 g/mol. The number of nitro groups is 1. The molecular formula is C11H14BrN3O3. The van der Waals surface area contributed by atoms with Crippen LogP contribution in [-0.4, -0.2) is 33.7 Å². The second kappa shape index (κ2) is 4.47. The van der Waals surface area contributed by atoms with Crippen LogP contribution in [0.1, 0.15) is 13.8 Å². The number of hydrogen-bond acceptors (Lipinski definition) is 5. The third kappa shape index (κ3) is 2.46. The van der Waals surface area contributed by atoms with Crippen molar-refractivity contribution in [1.82, 2.24) is 4.98 Å². The first kappa shape index (κ1) is 13.2. The summed E-state index contributed by atoms with van der Waals surface area (Å²) in [5.74, 6) is -0.0246. The molecule has 0 amide bonds. The molecule has 1 aromatic rings. The first-order chi connectivity index (χ1) is 8.29. The highest BCUT2D eigenvalue weighted by Gasteiger charge is 2.39. The van der Waals surface area contributed by atoms with Gasteiger partial charge in [-0.15, -0.1) is 0 Å². The Morgan fingerprint density at radius 1 is 1.61 bits per heavy atom. The fraction of sp³-hybridized carbons (Fsp3) is 0.545. The molecule has 0 unspecified atom stereocenters. The zero-order valence-electron chi connectivity index (χ0n) is 10.1. The van der Waals surface area contributed by atoms with E-state index < -0.39 is 10.5 Å². The molecule has 0 spiro atoms. The Labute approximate surface area is 113 Å². The van der Waals surface area contributed by atoms with E-state index in [1.54, 1.807) is 19.9 Å². The third-order valence-electron chi connectivity index (χ3n) is 3.21. The maximum absolute atomic E-state index is 10.9. The molecule has 1 aromatic heterocycles. The van der Waals surface area contributed by atoms with Crippen LogP contribution in [0.25, 0.3) is 0 Å². The molecule has 2 heterocycles. The van der Waals surface area contributed by atoms with Crippen LogP contribution in [0.4, 0.5) is 11.5 Å². The topological polar surface area (TPSA) is 79.5 Å². The molecule has 6 nitrogen and oxygen atoms in total. The van der Waals surface area contributed by atoms with Gasteiger partial charge >= 0.3 is 5.82 Å². The Morgan fingerprint density at radius 2 is 2.22 bits per heavy atom. The van der Waals surface area contributed by atoms with Crippen molar-refractivity contribution in [3.05, 3.63) is 26.9 Å². The van der Waals surface area contributed by atoms with Gasteiger partial charge in [-0.1, -0.05) is 0 Å². The van der Waals surface area contributed by atoms with E-state index in [1.807, 2.05) is 4.90 Å². The van der Waals surface area contributed by atoms with Crippen LogP contribution >= 0.6 is 15.9 Å². The molecule has 1 aliphatic rings. The number of aromatic nitrogens is 1. The van der Waals surface area contributed by atoms with Gasteiger partial charge in [0.15, 0.2) is 6.20 Å². The average molecular weight is 316 g/mol. The first-order valence-electron chi connectivity index (χ1n) is 5.56. The van der Waals surface area contributed by atoms with Gasteiger partial charge in [0.25, 0.3) is 0 Å². The highest BCUT2D eigenvalue weighted by Crippen LogP contribution is 2.36. The van der Waals surface area contributed by atoms with Gasteiger partial charge in [-0.2, -0.15) is 0 Å². The van der Waals surface area contributed by atoms with Gasteiger partial charge in [0.05, 0.1) is 10.1 Å². The lowest BCUT2D eigenvalue weighted by atomic mass is 9.84. The van der Waals surface area contributed by atoms with E-state index in [1.165, 1.54) is 6.20 Å². The van der Waals surface area contributed by atoms with E-state index in [4.69, 9.17) is 0 Å². The molecule has 1 N–H and O–H groups in total. The van der Waals surface area contributed by atoms with Crippen LogP contribution in [0.2, 0.25) is 0 Å². The van der Waals surface area contributed by atoms with Crippen molar-refractivity contribution in [3.8, 4) is 0 Å². The molecule has 0 aliphatic carbocycles. The van der Waals surface area contributed by atoms with Gasteiger partial charge in [-0.05, 0) is 45.8 Å². The SMILES string of the molecule is CC(C)(O)C1CN(c2cc(Br)cnc2[N+](=O)[O-])C1. The molecule has 0 saturated carbocycles. The second-order valence-electron chi connectivity index (χ2n) is 5.01. The Kier molecular flexibility index (Phi) is 3.29. The number of rotatable bonds is 3. The van der Waals surface area contributed by atoms with Gasteiger partial charge in [0, 0.05) is 19.0 Å². The van der Waals surface area contributed by atoms with Crippen LogP contribution in [0.15, 0.2) is 16.7 Å². The van der Waals surface area contributed by atoms with Crippen molar-refractivity contribution in [1.29, 1.82) is 0 Å². The summed E-state index contributed by atoms with van der Waals surface area (Å²) in [6.07, 6.45) is 1.41. The van der Waals surface area contributed by atoms with Crippen LogP contribution in [0.5, 0.6) is 0 Å². The number of hydrogen-bond donors (Lipinski definition) is 1. The predicted octanol–water partition coefficient (Wildman–Crippen LogP) is 1.96. The summed E-state index contributed by atoms with van der Waals surface area (Å²) in [5, 5.41) is 20.8. The maximum Gasteiger partial charge on any atom is 0.387 e. The summed E-state index contributed by atoms with van der Waals surface area (Å²) in [7, 11) is 0. The van der Waals surface area contributed by atoms with Gasteiger partial charge in [0.2, 0.25) is 0 Å². The fourth-order valence-electron chi connectivity index (χ4n) is 1.92. The number of anilines is 1. The third-order valence-corrected chi connectivity index (χ3v) is 3.64. The highest BCUT2D eigenvalue weighted by molar-refractivity contribution is 9.10. The molecule has 2 rings (SSSR count). The van der Waals surface area contributed by atoms with Crippen molar-refractivity contribution in [2.75, 3.05) is 18.0 Å². The Morgan fingerprint density at radius 3 is 2.72 bits per heavy atom. The molecule has 98 valence electrons. The molecule has 1 fully saturated rings. The zero-order valence-corrected chi connectivity index (χ0v) is 11.7. The van der Waals surface area contributed by atoms with Crippen LogP contribution in [-0.2, 0) is 0 Å². The van der Waals surface area contributed by atoms with Gasteiger partial charge < -0.3 is 20.1 Å². The molecule has 18 heavy (non-hydrogen) atoms. The minimum atomic E-state index is -0.759. The van der Waals surface area contributed by atoms with Gasteiger partial charge in [-0.25, -0.2) is 0 Å². The number of pyridine rings is 1. The van der Waals surface area contributed by atoms with E-state index in [2.05, 4.69) is 20.9 Å². The lowest BCUT2D eigenvalue weighted by molar-refractivity contribution is -0.388. The number of aliphatic hydroxyl groups is 1. The maximum atomic E-state index is 10.9. The van der Waals surface area contributed by atoms with Crippen LogP contribution in [0.3, 0.4) is 0 Å². The van der Waals surface area contributed by atoms with Gasteiger partial charge in [0.1, 0.15) is 5.69 Å². The van der Waals surface area contributed by atoms with E-state index in [-0.39, 0.29) is 11.7 Å². The standard InChI is InChI=1S/C11H14BrN3O3/c1-11(2,16)7-5-14(6-7)9-3-8(12)4-13-10(9)15(17)18/h3-4,7,16H,5-6H2,1-2H3. The monoisotopic (exact) mass is 315 g/mol. The van der Waals surface area contributed by atoms with E-state index in [0.717, 1.165) is 0 Å². The molecule has 0 radical (unpaired) electrons. The van der Waals surface area contributed by atoms with Crippen molar-refractivity contribution in [3.63, 3.8) is 0 Å². The van der Waals surface area contributed by atoms with Gasteiger partial charge in [-0.3, -0.25) is 0 Å². The molecule has 0 atom stereocenters. The normalized spacial score (nSPS) is 16.6.